The summed E-state index contributed by atoms with van der Waals surface area (Å²) in [4.78, 5) is 27.9. The SMILES string of the molecule is O=C(O)Cc1cnc(Cl)c(C(=O)O)n1. The molecule has 1 rings (SSSR count). The summed E-state index contributed by atoms with van der Waals surface area (Å²) in [6.07, 6.45) is 0.743. The van der Waals surface area contributed by atoms with Crippen LogP contribution in [0.2, 0.25) is 5.15 Å². The number of carboxylic acids is 2. The minimum Gasteiger partial charge on any atom is -0.481 e. The lowest BCUT2D eigenvalue weighted by molar-refractivity contribution is -0.136. The van der Waals surface area contributed by atoms with E-state index in [4.69, 9.17) is 21.8 Å². The summed E-state index contributed by atoms with van der Waals surface area (Å²) in [6.45, 7) is 0. The van der Waals surface area contributed by atoms with Crippen molar-refractivity contribution >= 4 is 23.5 Å². The van der Waals surface area contributed by atoms with Gasteiger partial charge in [0.2, 0.25) is 0 Å². The first-order valence-electron chi connectivity index (χ1n) is 3.47. The van der Waals surface area contributed by atoms with Crippen molar-refractivity contribution in [1.82, 2.24) is 9.97 Å². The minimum atomic E-state index is -1.34. The Labute approximate surface area is 83.2 Å². The molecule has 14 heavy (non-hydrogen) atoms. The zero-order valence-electron chi connectivity index (χ0n) is 6.77. The van der Waals surface area contributed by atoms with Gasteiger partial charge in [0.25, 0.3) is 0 Å². The maximum atomic E-state index is 10.5. The molecule has 1 aromatic rings. The molecule has 0 aromatic carbocycles. The van der Waals surface area contributed by atoms with Crippen molar-refractivity contribution < 1.29 is 19.8 Å². The molecule has 0 radical (unpaired) electrons. The molecule has 0 bridgehead atoms. The number of hydrogen-bond donors (Lipinski definition) is 2. The Hall–Kier alpha value is -1.69. The van der Waals surface area contributed by atoms with E-state index in [-0.39, 0.29) is 17.3 Å². The van der Waals surface area contributed by atoms with E-state index in [1.54, 1.807) is 0 Å². The summed E-state index contributed by atoms with van der Waals surface area (Å²) in [5, 5.41) is 16.7. The second-order valence-corrected chi connectivity index (χ2v) is 2.73. The van der Waals surface area contributed by atoms with Crippen LogP contribution in [0.4, 0.5) is 0 Å². The molecule has 1 aromatic heterocycles. The van der Waals surface area contributed by atoms with Gasteiger partial charge in [0, 0.05) is 0 Å². The van der Waals surface area contributed by atoms with Gasteiger partial charge in [-0.15, -0.1) is 0 Å². The van der Waals surface area contributed by atoms with Crippen molar-refractivity contribution in [3.05, 3.63) is 22.7 Å². The average Bonchev–Trinajstić information content (AvgIpc) is 2.07. The number of aromatic carboxylic acids is 1. The number of rotatable bonds is 3. The number of nitrogens with zero attached hydrogens (tertiary/aromatic N) is 2. The molecule has 0 aliphatic heterocycles. The Morgan fingerprint density at radius 1 is 1.43 bits per heavy atom. The second kappa shape index (κ2) is 4.01. The lowest BCUT2D eigenvalue weighted by atomic mass is 10.3. The van der Waals surface area contributed by atoms with E-state index in [0.717, 1.165) is 6.20 Å². The van der Waals surface area contributed by atoms with E-state index in [9.17, 15) is 9.59 Å². The topological polar surface area (TPSA) is 100 Å². The van der Waals surface area contributed by atoms with E-state index in [1.807, 2.05) is 0 Å². The van der Waals surface area contributed by atoms with Gasteiger partial charge in [0.15, 0.2) is 10.8 Å². The van der Waals surface area contributed by atoms with Crippen molar-refractivity contribution in [2.45, 2.75) is 6.42 Å². The van der Waals surface area contributed by atoms with Gasteiger partial charge in [0.05, 0.1) is 18.3 Å². The molecule has 0 aliphatic rings. The highest BCUT2D eigenvalue weighted by molar-refractivity contribution is 6.31. The van der Waals surface area contributed by atoms with Crippen LogP contribution >= 0.6 is 11.6 Å². The van der Waals surface area contributed by atoms with E-state index >= 15 is 0 Å². The Balaban J connectivity index is 3.06. The predicted octanol–water partition coefficient (Wildman–Crippen LogP) is 0.455. The van der Waals surface area contributed by atoms with Crippen LogP contribution in [0.5, 0.6) is 0 Å². The molecule has 0 aliphatic carbocycles. The van der Waals surface area contributed by atoms with Crippen LogP contribution in [0.3, 0.4) is 0 Å². The van der Waals surface area contributed by atoms with Gasteiger partial charge in [-0.2, -0.15) is 0 Å². The minimum absolute atomic E-state index is 0.0549. The number of halogens is 1. The Morgan fingerprint density at radius 3 is 2.57 bits per heavy atom. The van der Waals surface area contributed by atoms with Crippen LogP contribution in [0, 0.1) is 0 Å². The van der Waals surface area contributed by atoms with Crippen LogP contribution in [0.25, 0.3) is 0 Å². The largest absolute Gasteiger partial charge is 0.481 e. The molecule has 2 N–H and O–H groups in total. The van der Waals surface area contributed by atoms with Crippen molar-refractivity contribution in [3.8, 4) is 0 Å². The molecular weight excluding hydrogens is 212 g/mol. The van der Waals surface area contributed by atoms with Crippen molar-refractivity contribution in [2.75, 3.05) is 0 Å². The molecule has 7 heteroatoms. The Morgan fingerprint density at radius 2 is 2.07 bits per heavy atom. The van der Waals surface area contributed by atoms with Crippen LogP contribution in [0.1, 0.15) is 16.2 Å². The number of carbonyl (C=O) groups is 2. The molecule has 1 heterocycles. The molecule has 0 spiro atoms. The first-order valence-corrected chi connectivity index (χ1v) is 3.85. The smallest absolute Gasteiger partial charge is 0.357 e. The highest BCUT2D eigenvalue weighted by atomic mass is 35.5. The summed E-state index contributed by atoms with van der Waals surface area (Å²) in [6, 6.07) is 0. The maximum absolute atomic E-state index is 10.5. The normalized spacial score (nSPS) is 9.79. The van der Waals surface area contributed by atoms with Gasteiger partial charge in [-0.1, -0.05) is 11.6 Å². The molecule has 0 atom stereocenters. The summed E-state index contributed by atoms with van der Waals surface area (Å²) in [7, 11) is 0. The molecule has 74 valence electrons. The van der Waals surface area contributed by atoms with Crippen LogP contribution in [-0.4, -0.2) is 32.1 Å². The monoisotopic (exact) mass is 216 g/mol. The molecular formula is C7H5ClN2O4. The zero-order chi connectivity index (χ0) is 10.7. The van der Waals surface area contributed by atoms with E-state index in [2.05, 4.69) is 9.97 Å². The highest BCUT2D eigenvalue weighted by Gasteiger charge is 2.13. The van der Waals surface area contributed by atoms with Crippen LogP contribution < -0.4 is 0 Å². The third-order valence-corrected chi connectivity index (χ3v) is 1.59. The number of aromatic nitrogens is 2. The second-order valence-electron chi connectivity index (χ2n) is 2.38. The number of carboxylic acid groups (broad SMARTS) is 2. The molecule has 0 saturated heterocycles. The molecule has 0 saturated carbocycles. The first kappa shape index (κ1) is 10.4. The van der Waals surface area contributed by atoms with E-state index in [1.165, 1.54) is 0 Å². The molecule has 0 amide bonds. The first-order chi connectivity index (χ1) is 6.50. The molecule has 6 nitrogen and oxygen atoms in total. The van der Waals surface area contributed by atoms with Crippen molar-refractivity contribution in [3.63, 3.8) is 0 Å². The van der Waals surface area contributed by atoms with Gasteiger partial charge >= 0.3 is 11.9 Å². The summed E-state index contributed by atoms with van der Waals surface area (Å²) < 4.78 is 0. The standard InChI is InChI=1S/C7H5ClN2O4/c8-6-5(7(13)14)10-3(2-9-6)1-4(11)12/h2H,1H2,(H,11,12)(H,13,14). The van der Waals surface area contributed by atoms with Crippen molar-refractivity contribution in [2.24, 2.45) is 0 Å². The summed E-state index contributed by atoms with van der Waals surface area (Å²) in [5.41, 5.74) is -0.385. The Kier molecular flexibility index (Phi) is 2.98. The fraction of sp³-hybridized carbons (Fsp3) is 0.143. The average molecular weight is 217 g/mol. The quantitative estimate of drug-likeness (QED) is 0.761. The third-order valence-electron chi connectivity index (χ3n) is 1.31. The maximum Gasteiger partial charge on any atom is 0.357 e. The lowest BCUT2D eigenvalue weighted by Gasteiger charge is -1.99. The zero-order valence-corrected chi connectivity index (χ0v) is 7.52. The van der Waals surface area contributed by atoms with E-state index in [0.29, 0.717) is 0 Å². The van der Waals surface area contributed by atoms with E-state index < -0.39 is 17.6 Å². The summed E-state index contributed by atoms with van der Waals surface area (Å²) in [5.74, 6) is -2.45. The predicted molar refractivity (Wildman–Crippen MR) is 45.3 cm³/mol. The van der Waals surface area contributed by atoms with Crippen LogP contribution in [-0.2, 0) is 11.2 Å². The number of hydrogen-bond acceptors (Lipinski definition) is 4. The fourth-order valence-electron chi connectivity index (χ4n) is 0.787. The fourth-order valence-corrected chi connectivity index (χ4v) is 0.959. The molecule has 0 fully saturated rings. The lowest BCUT2D eigenvalue weighted by Crippen LogP contribution is -2.09. The van der Waals surface area contributed by atoms with Gasteiger partial charge < -0.3 is 10.2 Å². The third kappa shape index (κ3) is 2.40. The van der Waals surface area contributed by atoms with Gasteiger partial charge in [-0.3, -0.25) is 4.79 Å². The van der Waals surface area contributed by atoms with Crippen LogP contribution in [0.15, 0.2) is 6.20 Å². The summed E-state index contributed by atoms with van der Waals surface area (Å²) >= 11 is 5.43. The van der Waals surface area contributed by atoms with Gasteiger partial charge in [-0.25, -0.2) is 14.8 Å². The number of aliphatic carboxylic acids is 1. The van der Waals surface area contributed by atoms with Gasteiger partial charge in [0.1, 0.15) is 0 Å². The van der Waals surface area contributed by atoms with Crippen molar-refractivity contribution in [1.29, 1.82) is 0 Å². The molecule has 0 unspecified atom stereocenters. The highest BCUT2D eigenvalue weighted by Crippen LogP contribution is 2.10. The van der Waals surface area contributed by atoms with Gasteiger partial charge in [-0.05, 0) is 0 Å². The Bertz CT molecular complexity index is 393.